The lowest BCUT2D eigenvalue weighted by atomic mass is 10.1. The van der Waals surface area contributed by atoms with Gasteiger partial charge in [0.1, 0.15) is 18.9 Å². The number of anilines is 2. The quantitative estimate of drug-likeness (QED) is 0.599. The minimum Gasteiger partial charge on any atom is -0.486 e. The van der Waals surface area contributed by atoms with Gasteiger partial charge in [-0.3, -0.25) is 14.9 Å². The Kier molecular flexibility index (Phi) is 4.99. The summed E-state index contributed by atoms with van der Waals surface area (Å²) in [5.74, 6) is 0.659. The molecule has 2 aromatic carbocycles. The Bertz CT molecular complexity index is 885. The number of hydrogen-bond acceptors (Lipinski definition) is 6. The van der Waals surface area contributed by atoms with E-state index in [4.69, 9.17) is 9.47 Å². The molecule has 3 rings (SSSR count). The van der Waals surface area contributed by atoms with Crippen molar-refractivity contribution in [2.45, 2.75) is 0 Å². The lowest BCUT2D eigenvalue weighted by Crippen LogP contribution is -2.17. The predicted octanol–water partition coefficient (Wildman–Crippen LogP) is 3.45. The molecule has 0 aromatic heterocycles. The Morgan fingerprint density at radius 1 is 1.19 bits per heavy atom. The SMILES string of the molecule is CN(C)c1ccc(C(=O)Nc2cc3c(cc2Br)OCCO3)cc1[N+](=O)[O-]. The normalized spacial score (nSPS) is 12.4. The highest BCUT2D eigenvalue weighted by molar-refractivity contribution is 9.10. The van der Waals surface area contributed by atoms with Gasteiger partial charge in [0.2, 0.25) is 0 Å². The molecule has 0 spiro atoms. The molecule has 1 aliphatic heterocycles. The van der Waals surface area contributed by atoms with Crippen molar-refractivity contribution in [2.24, 2.45) is 0 Å². The fourth-order valence-electron chi connectivity index (χ4n) is 2.54. The minimum absolute atomic E-state index is 0.135. The Hall–Kier alpha value is -2.81. The minimum atomic E-state index is -0.508. The zero-order valence-corrected chi connectivity index (χ0v) is 15.7. The van der Waals surface area contributed by atoms with Crippen LogP contribution in [0, 0.1) is 10.1 Å². The number of nitro benzene ring substituents is 1. The lowest BCUT2D eigenvalue weighted by molar-refractivity contribution is -0.384. The number of ether oxygens (including phenoxy) is 2. The highest BCUT2D eigenvalue weighted by Gasteiger charge is 2.20. The fourth-order valence-corrected chi connectivity index (χ4v) is 2.96. The first kappa shape index (κ1) is 18.0. The molecule has 26 heavy (non-hydrogen) atoms. The van der Waals surface area contributed by atoms with Crippen molar-refractivity contribution < 1.29 is 19.2 Å². The highest BCUT2D eigenvalue weighted by atomic mass is 79.9. The van der Waals surface area contributed by atoms with E-state index in [2.05, 4.69) is 21.2 Å². The molecule has 0 atom stereocenters. The molecule has 0 radical (unpaired) electrons. The van der Waals surface area contributed by atoms with Crippen molar-refractivity contribution in [1.29, 1.82) is 0 Å². The number of benzene rings is 2. The summed E-state index contributed by atoms with van der Waals surface area (Å²) in [5, 5.41) is 14.0. The van der Waals surface area contributed by atoms with E-state index in [1.54, 1.807) is 43.3 Å². The summed E-state index contributed by atoms with van der Waals surface area (Å²) in [4.78, 5) is 24.9. The molecule has 1 heterocycles. The molecule has 1 amide bonds. The van der Waals surface area contributed by atoms with Gasteiger partial charge >= 0.3 is 0 Å². The van der Waals surface area contributed by atoms with E-state index in [-0.39, 0.29) is 11.3 Å². The summed E-state index contributed by atoms with van der Waals surface area (Å²) in [7, 11) is 3.41. The molecule has 0 saturated heterocycles. The van der Waals surface area contributed by atoms with Gasteiger partial charge in [0.25, 0.3) is 11.6 Å². The van der Waals surface area contributed by atoms with Gasteiger partial charge in [-0.15, -0.1) is 0 Å². The molecule has 136 valence electrons. The Balaban J connectivity index is 1.89. The number of nitrogens with one attached hydrogen (secondary N) is 1. The largest absolute Gasteiger partial charge is 0.486 e. The summed E-state index contributed by atoms with van der Waals surface area (Å²) in [6, 6.07) is 7.72. The van der Waals surface area contributed by atoms with Gasteiger partial charge in [0, 0.05) is 42.3 Å². The van der Waals surface area contributed by atoms with Crippen LogP contribution in [0.4, 0.5) is 17.1 Å². The molecule has 1 aliphatic rings. The third kappa shape index (κ3) is 3.57. The monoisotopic (exact) mass is 421 g/mol. The maximum absolute atomic E-state index is 12.6. The number of carbonyl (C=O) groups is 1. The van der Waals surface area contributed by atoms with Gasteiger partial charge in [-0.05, 0) is 28.1 Å². The van der Waals surface area contributed by atoms with Crippen molar-refractivity contribution in [3.05, 3.63) is 50.5 Å². The molecular formula is C17H16BrN3O5. The van der Waals surface area contributed by atoms with Gasteiger partial charge in [0.15, 0.2) is 11.5 Å². The number of rotatable bonds is 4. The first-order valence-corrected chi connectivity index (χ1v) is 8.52. The van der Waals surface area contributed by atoms with E-state index in [9.17, 15) is 14.9 Å². The van der Waals surface area contributed by atoms with Gasteiger partial charge in [-0.2, -0.15) is 0 Å². The fraction of sp³-hybridized carbons (Fsp3) is 0.235. The average Bonchev–Trinajstić information content (AvgIpc) is 2.61. The molecular weight excluding hydrogens is 406 g/mol. The average molecular weight is 422 g/mol. The highest BCUT2D eigenvalue weighted by Crippen LogP contribution is 2.38. The third-order valence-corrected chi connectivity index (χ3v) is 4.45. The van der Waals surface area contributed by atoms with E-state index >= 15 is 0 Å². The number of amides is 1. The number of hydrogen-bond donors (Lipinski definition) is 1. The standard InChI is InChI=1S/C17H16BrN3O5/c1-20(2)13-4-3-10(7-14(13)21(23)24)17(22)19-12-9-16-15(8-11(12)18)25-5-6-26-16/h3-4,7-9H,5-6H2,1-2H3,(H,19,22). The molecule has 0 fully saturated rings. The topological polar surface area (TPSA) is 93.9 Å². The van der Waals surface area contributed by atoms with Crippen LogP contribution in [0.25, 0.3) is 0 Å². The van der Waals surface area contributed by atoms with Crippen molar-refractivity contribution in [2.75, 3.05) is 37.5 Å². The zero-order chi connectivity index (χ0) is 18.8. The van der Waals surface area contributed by atoms with Gasteiger partial charge in [-0.1, -0.05) is 0 Å². The second-order valence-corrected chi connectivity index (χ2v) is 6.64. The van der Waals surface area contributed by atoms with Crippen molar-refractivity contribution in [1.82, 2.24) is 0 Å². The summed E-state index contributed by atoms with van der Waals surface area (Å²) in [6.07, 6.45) is 0. The second-order valence-electron chi connectivity index (χ2n) is 5.78. The van der Waals surface area contributed by atoms with Crippen LogP contribution in [-0.4, -0.2) is 38.1 Å². The molecule has 8 nitrogen and oxygen atoms in total. The number of nitrogens with zero attached hydrogens (tertiary/aromatic N) is 2. The summed E-state index contributed by atoms with van der Waals surface area (Å²) < 4.78 is 11.6. The number of fused-ring (bicyclic) bond motifs is 1. The Morgan fingerprint density at radius 2 is 1.85 bits per heavy atom. The van der Waals surface area contributed by atoms with Crippen LogP contribution >= 0.6 is 15.9 Å². The van der Waals surface area contributed by atoms with E-state index in [0.29, 0.717) is 40.6 Å². The number of carbonyl (C=O) groups excluding carboxylic acids is 1. The third-order valence-electron chi connectivity index (χ3n) is 3.80. The molecule has 9 heteroatoms. The second kappa shape index (κ2) is 7.20. The molecule has 1 N–H and O–H groups in total. The van der Waals surface area contributed by atoms with Crippen LogP contribution in [0.3, 0.4) is 0 Å². The predicted molar refractivity (Wildman–Crippen MR) is 101 cm³/mol. The molecule has 2 aromatic rings. The molecule has 0 bridgehead atoms. The summed E-state index contributed by atoms with van der Waals surface area (Å²) >= 11 is 3.38. The van der Waals surface area contributed by atoms with Crippen LogP contribution in [0.1, 0.15) is 10.4 Å². The number of nitro groups is 1. The zero-order valence-electron chi connectivity index (χ0n) is 14.1. The lowest BCUT2D eigenvalue weighted by Gasteiger charge is -2.20. The summed E-state index contributed by atoms with van der Waals surface area (Å²) in [5.41, 5.74) is 0.957. The smallest absolute Gasteiger partial charge is 0.293 e. The van der Waals surface area contributed by atoms with E-state index < -0.39 is 10.8 Å². The van der Waals surface area contributed by atoms with Crippen LogP contribution in [0.15, 0.2) is 34.8 Å². The van der Waals surface area contributed by atoms with Crippen LogP contribution in [0.2, 0.25) is 0 Å². The van der Waals surface area contributed by atoms with E-state index in [1.807, 2.05) is 0 Å². The van der Waals surface area contributed by atoms with Gasteiger partial charge in [-0.25, -0.2) is 0 Å². The van der Waals surface area contributed by atoms with Crippen LogP contribution in [0.5, 0.6) is 11.5 Å². The van der Waals surface area contributed by atoms with Gasteiger partial charge in [0.05, 0.1) is 10.6 Å². The van der Waals surface area contributed by atoms with Crippen molar-refractivity contribution >= 4 is 38.9 Å². The van der Waals surface area contributed by atoms with E-state index in [0.717, 1.165) is 0 Å². The van der Waals surface area contributed by atoms with Crippen LogP contribution in [-0.2, 0) is 0 Å². The maximum Gasteiger partial charge on any atom is 0.293 e. The molecule has 0 aliphatic carbocycles. The Labute approximate surface area is 158 Å². The van der Waals surface area contributed by atoms with Crippen LogP contribution < -0.4 is 19.7 Å². The summed E-state index contributed by atoms with van der Waals surface area (Å²) in [6.45, 7) is 0.896. The Morgan fingerprint density at radius 3 is 2.46 bits per heavy atom. The van der Waals surface area contributed by atoms with E-state index in [1.165, 1.54) is 6.07 Å². The number of halogens is 1. The molecule has 0 saturated carbocycles. The maximum atomic E-state index is 12.6. The first-order valence-electron chi connectivity index (χ1n) is 7.73. The van der Waals surface area contributed by atoms with Crippen molar-refractivity contribution in [3.63, 3.8) is 0 Å². The van der Waals surface area contributed by atoms with Crippen molar-refractivity contribution in [3.8, 4) is 11.5 Å². The van der Waals surface area contributed by atoms with Gasteiger partial charge < -0.3 is 19.7 Å². The first-order chi connectivity index (χ1) is 12.4. The molecule has 0 unspecified atom stereocenters.